The van der Waals surface area contributed by atoms with Crippen LogP contribution < -0.4 is 10.5 Å². The molecule has 0 aliphatic rings. The summed E-state index contributed by atoms with van der Waals surface area (Å²) >= 11 is 0. The van der Waals surface area contributed by atoms with Gasteiger partial charge in [-0.2, -0.15) is 0 Å². The molecular weight excluding hydrogens is 283 g/mol. The van der Waals surface area contributed by atoms with Crippen molar-refractivity contribution in [3.05, 3.63) is 24.0 Å². The fraction of sp³-hybridized carbons (Fsp3) is 0.538. The van der Waals surface area contributed by atoms with E-state index in [2.05, 4.69) is 4.72 Å². The molecule has 0 saturated heterocycles. The highest BCUT2D eigenvalue weighted by atomic mass is 32.2. The standard InChI is InChI=1S/C13H21FN2O3S/c1-13(2,6-3-7-17)9-16-20(18,19)12-5-4-10(15)8-11(12)14/h4-5,8,16-17H,3,6-7,9,15H2,1-2H3. The molecule has 7 heteroatoms. The third-order valence-corrected chi connectivity index (χ3v) is 4.43. The van der Waals surface area contributed by atoms with Crippen molar-refractivity contribution < 1.29 is 17.9 Å². The smallest absolute Gasteiger partial charge is 0.243 e. The number of aliphatic hydroxyl groups excluding tert-OH is 1. The maximum absolute atomic E-state index is 13.6. The lowest BCUT2D eigenvalue weighted by molar-refractivity contribution is 0.242. The molecule has 0 aromatic heterocycles. The van der Waals surface area contributed by atoms with Crippen LogP contribution in [0.3, 0.4) is 0 Å². The Kier molecular flexibility index (Phi) is 5.50. The van der Waals surface area contributed by atoms with E-state index >= 15 is 0 Å². The molecule has 4 N–H and O–H groups in total. The van der Waals surface area contributed by atoms with Crippen molar-refractivity contribution in [2.45, 2.75) is 31.6 Å². The summed E-state index contributed by atoms with van der Waals surface area (Å²) in [6.07, 6.45) is 1.25. The van der Waals surface area contributed by atoms with E-state index in [1.54, 1.807) is 0 Å². The highest BCUT2D eigenvalue weighted by Gasteiger charge is 2.24. The van der Waals surface area contributed by atoms with Gasteiger partial charge < -0.3 is 10.8 Å². The van der Waals surface area contributed by atoms with Gasteiger partial charge in [0.05, 0.1) is 0 Å². The molecule has 0 aliphatic heterocycles. The number of hydrogen-bond acceptors (Lipinski definition) is 4. The minimum atomic E-state index is -3.91. The number of aliphatic hydroxyl groups is 1. The first-order valence-corrected chi connectivity index (χ1v) is 7.82. The van der Waals surface area contributed by atoms with Gasteiger partial charge in [-0.15, -0.1) is 0 Å². The predicted octanol–water partition coefficient (Wildman–Crippen LogP) is 1.48. The molecule has 1 aromatic rings. The van der Waals surface area contributed by atoms with Crippen LogP contribution in [0.15, 0.2) is 23.1 Å². The van der Waals surface area contributed by atoms with Crippen LogP contribution in [0.1, 0.15) is 26.7 Å². The van der Waals surface area contributed by atoms with Crippen LogP contribution in [0.2, 0.25) is 0 Å². The molecule has 0 amide bonds. The minimum Gasteiger partial charge on any atom is -0.399 e. The topological polar surface area (TPSA) is 92.4 Å². The van der Waals surface area contributed by atoms with Crippen molar-refractivity contribution in [3.63, 3.8) is 0 Å². The van der Waals surface area contributed by atoms with Crippen molar-refractivity contribution >= 4 is 15.7 Å². The first-order chi connectivity index (χ1) is 9.18. The molecular formula is C13H21FN2O3S. The minimum absolute atomic E-state index is 0.0583. The summed E-state index contributed by atoms with van der Waals surface area (Å²) in [5, 5.41) is 8.80. The van der Waals surface area contributed by atoms with E-state index < -0.39 is 20.7 Å². The van der Waals surface area contributed by atoms with E-state index in [0.717, 1.165) is 12.1 Å². The Hall–Kier alpha value is -1.18. The summed E-state index contributed by atoms with van der Waals surface area (Å²) < 4.78 is 40.1. The maximum Gasteiger partial charge on any atom is 0.243 e. The Morgan fingerprint density at radius 2 is 2.05 bits per heavy atom. The van der Waals surface area contributed by atoms with Crippen LogP contribution in [0.25, 0.3) is 0 Å². The van der Waals surface area contributed by atoms with Crippen molar-refractivity contribution in [3.8, 4) is 0 Å². The van der Waals surface area contributed by atoms with Gasteiger partial charge in [-0.05, 0) is 36.5 Å². The summed E-state index contributed by atoms with van der Waals surface area (Å²) in [4.78, 5) is -0.412. The number of hydrogen-bond donors (Lipinski definition) is 3. The van der Waals surface area contributed by atoms with Crippen LogP contribution >= 0.6 is 0 Å². The number of nitrogens with two attached hydrogens (primary N) is 1. The highest BCUT2D eigenvalue weighted by molar-refractivity contribution is 7.89. The Morgan fingerprint density at radius 1 is 1.40 bits per heavy atom. The summed E-state index contributed by atoms with van der Waals surface area (Å²) in [5.74, 6) is -0.870. The van der Waals surface area contributed by atoms with Crippen LogP contribution in [0.4, 0.5) is 10.1 Å². The molecule has 0 heterocycles. The van der Waals surface area contributed by atoms with E-state index in [0.29, 0.717) is 12.8 Å². The van der Waals surface area contributed by atoms with Gasteiger partial charge in [0, 0.05) is 18.8 Å². The summed E-state index contributed by atoms with van der Waals surface area (Å²) in [6.45, 7) is 3.98. The summed E-state index contributed by atoms with van der Waals surface area (Å²) in [7, 11) is -3.91. The molecule has 0 bridgehead atoms. The second-order valence-corrected chi connectivity index (χ2v) is 7.24. The number of nitrogens with one attached hydrogen (secondary N) is 1. The van der Waals surface area contributed by atoms with E-state index in [4.69, 9.17) is 10.8 Å². The summed E-state index contributed by atoms with van der Waals surface area (Å²) in [6, 6.07) is 3.47. The largest absolute Gasteiger partial charge is 0.399 e. The second-order valence-electron chi connectivity index (χ2n) is 5.51. The van der Waals surface area contributed by atoms with Gasteiger partial charge in [0.1, 0.15) is 10.7 Å². The van der Waals surface area contributed by atoms with Gasteiger partial charge in [-0.3, -0.25) is 0 Å². The van der Waals surface area contributed by atoms with Crippen LogP contribution in [0.5, 0.6) is 0 Å². The van der Waals surface area contributed by atoms with Crippen molar-refractivity contribution in [2.24, 2.45) is 5.41 Å². The van der Waals surface area contributed by atoms with Gasteiger partial charge in [-0.25, -0.2) is 17.5 Å². The molecule has 0 unspecified atom stereocenters. The van der Waals surface area contributed by atoms with Crippen molar-refractivity contribution in [2.75, 3.05) is 18.9 Å². The van der Waals surface area contributed by atoms with E-state index in [1.807, 2.05) is 13.8 Å². The van der Waals surface area contributed by atoms with Gasteiger partial charge in [0.15, 0.2) is 0 Å². The van der Waals surface area contributed by atoms with Gasteiger partial charge in [0.25, 0.3) is 0 Å². The molecule has 5 nitrogen and oxygen atoms in total. The molecule has 20 heavy (non-hydrogen) atoms. The first-order valence-electron chi connectivity index (χ1n) is 6.33. The van der Waals surface area contributed by atoms with E-state index in [9.17, 15) is 12.8 Å². The third-order valence-electron chi connectivity index (χ3n) is 3.00. The van der Waals surface area contributed by atoms with Gasteiger partial charge in [-0.1, -0.05) is 13.8 Å². The highest BCUT2D eigenvalue weighted by Crippen LogP contribution is 2.23. The quantitative estimate of drug-likeness (QED) is 0.665. The van der Waals surface area contributed by atoms with Crippen LogP contribution in [0, 0.1) is 11.2 Å². The number of sulfonamides is 1. The number of benzene rings is 1. The fourth-order valence-electron chi connectivity index (χ4n) is 1.75. The lowest BCUT2D eigenvalue weighted by Crippen LogP contribution is -2.34. The zero-order valence-electron chi connectivity index (χ0n) is 11.7. The normalized spacial score (nSPS) is 12.6. The molecule has 0 radical (unpaired) electrons. The second kappa shape index (κ2) is 6.51. The maximum atomic E-state index is 13.6. The van der Waals surface area contributed by atoms with Crippen LogP contribution in [-0.2, 0) is 10.0 Å². The van der Waals surface area contributed by atoms with Crippen molar-refractivity contribution in [1.29, 1.82) is 0 Å². The number of anilines is 1. The number of rotatable bonds is 7. The zero-order valence-corrected chi connectivity index (χ0v) is 12.5. The Morgan fingerprint density at radius 3 is 2.60 bits per heavy atom. The Balaban J connectivity index is 2.80. The molecule has 1 aromatic carbocycles. The molecule has 1 rings (SSSR count). The number of nitrogen functional groups attached to an aromatic ring is 1. The monoisotopic (exact) mass is 304 g/mol. The SMILES string of the molecule is CC(C)(CCCO)CNS(=O)(=O)c1ccc(N)cc1F. The first kappa shape index (κ1) is 16.9. The third kappa shape index (κ3) is 4.73. The Bertz CT molecular complexity index is 559. The van der Waals surface area contributed by atoms with Gasteiger partial charge in [0.2, 0.25) is 10.0 Å². The average Bonchev–Trinajstić information content (AvgIpc) is 2.34. The molecule has 0 saturated carbocycles. The lowest BCUT2D eigenvalue weighted by atomic mass is 9.88. The Labute approximate surface area is 119 Å². The van der Waals surface area contributed by atoms with E-state index in [1.165, 1.54) is 6.07 Å². The lowest BCUT2D eigenvalue weighted by Gasteiger charge is -2.24. The molecule has 0 spiro atoms. The zero-order chi connectivity index (χ0) is 15.4. The van der Waals surface area contributed by atoms with Gasteiger partial charge >= 0.3 is 0 Å². The van der Waals surface area contributed by atoms with E-state index in [-0.39, 0.29) is 24.3 Å². The molecule has 0 fully saturated rings. The van der Waals surface area contributed by atoms with Crippen molar-refractivity contribution in [1.82, 2.24) is 4.72 Å². The molecule has 0 atom stereocenters. The molecule has 0 aliphatic carbocycles. The predicted molar refractivity (Wildman–Crippen MR) is 76.1 cm³/mol. The fourth-order valence-corrected chi connectivity index (χ4v) is 3.05. The van der Waals surface area contributed by atoms with Crippen LogP contribution in [-0.4, -0.2) is 26.7 Å². The molecule has 114 valence electrons. The summed E-state index contributed by atoms with van der Waals surface area (Å²) in [5.41, 5.74) is 5.24. The number of halogens is 1. The average molecular weight is 304 g/mol.